The molecule has 0 aromatic rings. The molecule has 0 radical (unpaired) electrons. The zero-order valence-electron chi connectivity index (χ0n) is 9.82. The topological polar surface area (TPSA) is 95.5 Å². The molecule has 0 aliphatic heterocycles. The SMILES string of the molecule is CCCCNC(=O)NC(=O)CSCCC(=O)O. The fraction of sp³-hybridized carbons (Fsp3) is 0.700. The van der Waals surface area contributed by atoms with Crippen LogP contribution >= 0.6 is 11.8 Å². The molecule has 3 N–H and O–H groups in total. The molecule has 0 atom stereocenters. The van der Waals surface area contributed by atoms with Gasteiger partial charge in [-0.15, -0.1) is 0 Å². The first-order valence-electron chi connectivity index (χ1n) is 5.43. The molecule has 0 heterocycles. The van der Waals surface area contributed by atoms with Crippen molar-refractivity contribution in [2.75, 3.05) is 18.1 Å². The van der Waals surface area contributed by atoms with Gasteiger partial charge in [-0.1, -0.05) is 13.3 Å². The van der Waals surface area contributed by atoms with Crippen LogP contribution in [0.15, 0.2) is 0 Å². The second-order valence-electron chi connectivity index (χ2n) is 3.35. The van der Waals surface area contributed by atoms with Crippen LogP contribution in [-0.2, 0) is 9.59 Å². The summed E-state index contributed by atoms with van der Waals surface area (Å²) < 4.78 is 0. The Morgan fingerprint density at radius 3 is 2.59 bits per heavy atom. The van der Waals surface area contributed by atoms with E-state index in [2.05, 4.69) is 10.6 Å². The maximum absolute atomic E-state index is 11.2. The average Bonchev–Trinajstić information content (AvgIpc) is 2.24. The summed E-state index contributed by atoms with van der Waals surface area (Å²) in [5.74, 6) is -0.848. The molecule has 0 fully saturated rings. The third-order valence-corrected chi connectivity index (χ3v) is 2.72. The number of aliphatic carboxylic acids is 1. The zero-order chi connectivity index (χ0) is 13.1. The molecule has 6 nitrogen and oxygen atoms in total. The molecular formula is C10H18N2O4S. The number of carbonyl (C=O) groups excluding carboxylic acids is 2. The molecule has 17 heavy (non-hydrogen) atoms. The van der Waals surface area contributed by atoms with Crippen molar-refractivity contribution in [3.63, 3.8) is 0 Å². The Labute approximate surface area is 105 Å². The fourth-order valence-corrected chi connectivity index (χ4v) is 1.63. The number of nitrogens with one attached hydrogen (secondary N) is 2. The molecule has 98 valence electrons. The summed E-state index contributed by atoms with van der Waals surface area (Å²) in [5.41, 5.74) is 0. The molecule has 0 spiro atoms. The van der Waals surface area contributed by atoms with E-state index in [1.54, 1.807) is 0 Å². The molecule has 0 saturated carbocycles. The van der Waals surface area contributed by atoms with Gasteiger partial charge in [-0.2, -0.15) is 11.8 Å². The van der Waals surface area contributed by atoms with Crippen molar-refractivity contribution in [2.24, 2.45) is 0 Å². The van der Waals surface area contributed by atoms with E-state index in [4.69, 9.17) is 5.11 Å². The number of hydrogen-bond donors (Lipinski definition) is 3. The van der Waals surface area contributed by atoms with Gasteiger partial charge in [0.2, 0.25) is 5.91 Å². The van der Waals surface area contributed by atoms with E-state index < -0.39 is 17.9 Å². The summed E-state index contributed by atoms with van der Waals surface area (Å²) in [7, 11) is 0. The van der Waals surface area contributed by atoms with Gasteiger partial charge in [0, 0.05) is 12.3 Å². The Balaban J connectivity index is 3.50. The van der Waals surface area contributed by atoms with Crippen LogP contribution < -0.4 is 10.6 Å². The van der Waals surface area contributed by atoms with Crippen LogP contribution in [0.25, 0.3) is 0 Å². The lowest BCUT2D eigenvalue weighted by molar-refractivity contribution is -0.136. The Morgan fingerprint density at radius 1 is 1.29 bits per heavy atom. The van der Waals surface area contributed by atoms with Crippen molar-refractivity contribution in [1.29, 1.82) is 0 Å². The molecule has 0 aliphatic carbocycles. The van der Waals surface area contributed by atoms with Crippen molar-refractivity contribution in [1.82, 2.24) is 10.6 Å². The third kappa shape index (κ3) is 11.0. The maximum atomic E-state index is 11.2. The Kier molecular flexibility index (Phi) is 9.22. The first-order chi connectivity index (χ1) is 8.06. The van der Waals surface area contributed by atoms with Crippen LogP contribution in [-0.4, -0.2) is 41.1 Å². The lowest BCUT2D eigenvalue weighted by atomic mass is 10.3. The largest absolute Gasteiger partial charge is 0.481 e. The number of urea groups is 1. The van der Waals surface area contributed by atoms with Crippen molar-refractivity contribution >= 4 is 29.7 Å². The van der Waals surface area contributed by atoms with Gasteiger partial charge in [-0.25, -0.2) is 4.79 Å². The predicted octanol–water partition coefficient (Wildman–Crippen LogP) is 0.820. The van der Waals surface area contributed by atoms with Crippen LogP contribution in [0.5, 0.6) is 0 Å². The van der Waals surface area contributed by atoms with E-state index in [9.17, 15) is 14.4 Å². The summed E-state index contributed by atoms with van der Waals surface area (Å²) in [6, 6.07) is -0.498. The van der Waals surface area contributed by atoms with Crippen LogP contribution in [0, 0.1) is 0 Å². The lowest BCUT2D eigenvalue weighted by Crippen LogP contribution is -2.40. The molecule has 0 saturated heterocycles. The minimum atomic E-state index is -0.893. The van der Waals surface area contributed by atoms with Crippen molar-refractivity contribution < 1.29 is 19.5 Å². The second kappa shape index (κ2) is 9.95. The highest BCUT2D eigenvalue weighted by Gasteiger charge is 2.07. The van der Waals surface area contributed by atoms with Crippen LogP contribution in [0.1, 0.15) is 26.2 Å². The number of carboxylic acid groups (broad SMARTS) is 1. The number of rotatable bonds is 8. The molecule has 0 aliphatic rings. The summed E-state index contributed by atoms with van der Waals surface area (Å²) in [5, 5.41) is 13.1. The van der Waals surface area contributed by atoms with Gasteiger partial charge in [0.1, 0.15) is 0 Å². The second-order valence-corrected chi connectivity index (χ2v) is 4.46. The molecule has 0 bridgehead atoms. The van der Waals surface area contributed by atoms with E-state index in [1.807, 2.05) is 6.92 Å². The molecule has 7 heteroatoms. The quantitative estimate of drug-likeness (QED) is 0.563. The van der Waals surface area contributed by atoms with Crippen LogP contribution in [0.2, 0.25) is 0 Å². The number of carbonyl (C=O) groups is 3. The number of unbranched alkanes of at least 4 members (excludes halogenated alkanes) is 1. The van der Waals surface area contributed by atoms with Crippen LogP contribution in [0.4, 0.5) is 4.79 Å². The monoisotopic (exact) mass is 262 g/mol. The Morgan fingerprint density at radius 2 is 2.00 bits per heavy atom. The Hall–Kier alpha value is -1.24. The van der Waals surface area contributed by atoms with Gasteiger partial charge in [0.05, 0.1) is 12.2 Å². The maximum Gasteiger partial charge on any atom is 0.321 e. The van der Waals surface area contributed by atoms with Gasteiger partial charge in [-0.3, -0.25) is 14.9 Å². The summed E-state index contributed by atoms with van der Waals surface area (Å²) in [4.78, 5) is 32.5. The number of hydrogen-bond acceptors (Lipinski definition) is 4. The highest BCUT2D eigenvalue weighted by molar-refractivity contribution is 7.99. The molecule has 0 aromatic carbocycles. The average molecular weight is 262 g/mol. The standard InChI is InChI=1S/C10H18N2O4S/c1-2-3-5-11-10(16)12-8(13)7-17-6-4-9(14)15/h2-7H2,1H3,(H,14,15)(H2,11,12,13,16). The highest BCUT2D eigenvalue weighted by Crippen LogP contribution is 2.01. The third-order valence-electron chi connectivity index (χ3n) is 1.76. The van der Waals surface area contributed by atoms with E-state index in [0.717, 1.165) is 12.8 Å². The summed E-state index contributed by atoms with van der Waals surface area (Å²) in [6.45, 7) is 2.55. The molecule has 0 unspecified atom stereocenters. The predicted molar refractivity (Wildman–Crippen MR) is 66.0 cm³/mol. The van der Waals surface area contributed by atoms with Crippen LogP contribution in [0.3, 0.4) is 0 Å². The van der Waals surface area contributed by atoms with E-state index in [1.165, 1.54) is 11.8 Å². The number of thioether (sulfide) groups is 1. The minimum Gasteiger partial charge on any atom is -0.481 e. The number of carboxylic acids is 1. The van der Waals surface area contributed by atoms with Crippen molar-refractivity contribution in [3.8, 4) is 0 Å². The number of imide groups is 1. The normalized spacial score (nSPS) is 9.71. The smallest absolute Gasteiger partial charge is 0.321 e. The van der Waals surface area contributed by atoms with Gasteiger partial charge < -0.3 is 10.4 Å². The molecule has 0 rings (SSSR count). The van der Waals surface area contributed by atoms with Gasteiger partial charge >= 0.3 is 12.0 Å². The van der Waals surface area contributed by atoms with Crippen molar-refractivity contribution in [3.05, 3.63) is 0 Å². The summed E-state index contributed by atoms with van der Waals surface area (Å²) >= 11 is 1.19. The highest BCUT2D eigenvalue weighted by atomic mass is 32.2. The fourth-order valence-electron chi connectivity index (χ4n) is 0.910. The van der Waals surface area contributed by atoms with E-state index in [-0.39, 0.29) is 12.2 Å². The number of amides is 3. The summed E-state index contributed by atoms with van der Waals surface area (Å²) in [6.07, 6.45) is 1.86. The van der Waals surface area contributed by atoms with E-state index >= 15 is 0 Å². The molecule has 3 amide bonds. The first kappa shape index (κ1) is 15.8. The van der Waals surface area contributed by atoms with E-state index in [0.29, 0.717) is 12.3 Å². The Bertz CT molecular complexity index is 271. The molecular weight excluding hydrogens is 244 g/mol. The molecule has 0 aromatic heterocycles. The van der Waals surface area contributed by atoms with Crippen molar-refractivity contribution in [2.45, 2.75) is 26.2 Å². The lowest BCUT2D eigenvalue weighted by Gasteiger charge is -2.05. The first-order valence-corrected chi connectivity index (χ1v) is 6.59. The van der Waals surface area contributed by atoms with Gasteiger partial charge in [0.15, 0.2) is 0 Å². The minimum absolute atomic E-state index is 0.0145. The van der Waals surface area contributed by atoms with Gasteiger partial charge in [-0.05, 0) is 6.42 Å². The van der Waals surface area contributed by atoms with Gasteiger partial charge in [0.25, 0.3) is 0 Å². The zero-order valence-corrected chi connectivity index (χ0v) is 10.6.